The maximum atomic E-state index is 10.2. The molecule has 0 fully saturated rings. The van der Waals surface area contributed by atoms with E-state index >= 15 is 0 Å². The first-order valence-corrected chi connectivity index (χ1v) is 5.12. The van der Waals surface area contributed by atoms with E-state index < -0.39 is 5.72 Å². The second-order valence-corrected chi connectivity index (χ2v) is 3.26. The Balaban J connectivity index is 4.24. The summed E-state index contributed by atoms with van der Waals surface area (Å²) < 4.78 is 0. The van der Waals surface area contributed by atoms with Crippen LogP contribution >= 0.6 is 0 Å². The lowest BCUT2D eigenvalue weighted by molar-refractivity contribution is -0.113. The molecule has 1 unspecified atom stereocenters. The number of hydrogen-bond donors (Lipinski definition) is 1. The Kier molecular flexibility index (Phi) is 5.51. The lowest BCUT2D eigenvalue weighted by Gasteiger charge is -2.38. The maximum absolute atomic E-state index is 10.2. The average molecular weight is 173 g/mol. The van der Waals surface area contributed by atoms with Crippen LogP contribution in [0.4, 0.5) is 0 Å². The quantitative estimate of drug-likeness (QED) is 0.623. The number of hydrogen-bond acceptors (Lipinski definition) is 2. The lowest BCUT2D eigenvalue weighted by Crippen LogP contribution is -2.48. The van der Waals surface area contributed by atoms with Crippen molar-refractivity contribution < 1.29 is 5.11 Å². The first-order chi connectivity index (χ1) is 5.64. The molecule has 1 atom stereocenters. The van der Waals surface area contributed by atoms with Crippen LogP contribution in [0.2, 0.25) is 0 Å². The Bertz CT molecular complexity index is 112. The van der Waals surface area contributed by atoms with Crippen LogP contribution in [-0.2, 0) is 0 Å². The summed E-state index contributed by atoms with van der Waals surface area (Å²) in [5.41, 5.74) is -0.557. The highest BCUT2D eigenvalue weighted by atomic mass is 16.3. The second-order valence-electron chi connectivity index (χ2n) is 3.26. The van der Waals surface area contributed by atoms with Gasteiger partial charge in [0.15, 0.2) is 0 Å². The molecule has 0 spiro atoms. The van der Waals surface area contributed by atoms with Gasteiger partial charge in [0.2, 0.25) is 0 Å². The van der Waals surface area contributed by atoms with E-state index in [4.69, 9.17) is 0 Å². The molecule has 0 saturated carbocycles. The van der Waals surface area contributed by atoms with E-state index in [-0.39, 0.29) is 0 Å². The topological polar surface area (TPSA) is 23.5 Å². The molecular formula is C10H23NO. The highest BCUT2D eigenvalue weighted by molar-refractivity contribution is 4.75. The van der Waals surface area contributed by atoms with E-state index in [2.05, 4.69) is 25.7 Å². The summed E-state index contributed by atoms with van der Waals surface area (Å²) in [5.74, 6) is 0. The van der Waals surface area contributed by atoms with E-state index in [9.17, 15) is 5.11 Å². The Hall–Kier alpha value is -0.0800. The monoisotopic (exact) mass is 173 g/mol. The highest BCUT2D eigenvalue weighted by Gasteiger charge is 2.28. The van der Waals surface area contributed by atoms with Crippen molar-refractivity contribution in [1.82, 2.24) is 4.90 Å². The third kappa shape index (κ3) is 2.76. The molecule has 0 rings (SSSR count). The Labute approximate surface area is 76.6 Å². The fraction of sp³-hybridized carbons (Fsp3) is 1.00. The highest BCUT2D eigenvalue weighted by Crippen LogP contribution is 2.21. The first-order valence-electron chi connectivity index (χ1n) is 5.12. The van der Waals surface area contributed by atoms with Crippen molar-refractivity contribution >= 4 is 0 Å². The molecule has 74 valence electrons. The van der Waals surface area contributed by atoms with Gasteiger partial charge >= 0.3 is 0 Å². The molecule has 0 aliphatic rings. The molecular weight excluding hydrogens is 150 g/mol. The van der Waals surface area contributed by atoms with E-state index in [0.29, 0.717) is 0 Å². The zero-order valence-electron chi connectivity index (χ0n) is 8.93. The summed E-state index contributed by atoms with van der Waals surface area (Å²) in [5, 5.41) is 10.2. The molecule has 1 N–H and O–H groups in total. The minimum Gasteiger partial charge on any atom is -0.376 e. The van der Waals surface area contributed by atoms with Crippen LogP contribution < -0.4 is 0 Å². The molecule has 0 amide bonds. The van der Waals surface area contributed by atoms with E-state index in [1.807, 2.05) is 6.92 Å². The summed E-state index contributed by atoms with van der Waals surface area (Å²) >= 11 is 0. The largest absolute Gasteiger partial charge is 0.376 e. The van der Waals surface area contributed by atoms with Gasteiger partial charge in [-0.25, -0.2) is 0 Å². The van der Waals surface area contributed by atoms with Gasteiger partial charge in [0.05, 0.1) is 0 Å². The van der Waals surface area contributed by atoms with Crippen molar-refractivity contribution in [1.29, 1.82) is 0 Å². The normalized spacial score (nSPS) is 16.5. The SMILES string of the molecule is CCCC(O)(CC)N(CC)CC. The minimum absolute atomic E-state index is 0.557. The number of aliphatic hydroxyl groups is 1. The molecule has 2 heteroatoms. The third-order valence-electron chi connectivity index (χ3n) is 2.57. The Morgan fingerprint density at radius 2 is 1.58 bits per heavy atom. The Morgan fingerprint density at radius 1 is 1.08 bits per heavy atom. The smallest absolute Gasteiger partial charge is 0.118 e. The van der Waals surface area contributed by atoms with Crippen LogP contribution in [0, 0.1) is 0 Å². The molecule has 0 bridgehead atoms. The zero-order valence-corrected chi connectivity index (χ0v) is 8.93. The molecule has 0 aliphatic heterocycles. The van der Waals surface area contributed by atoms with Gasteiger partial charge < -0.3 is 5.11 Å². The summed E-state index contributed by atoms with van der Waals surface area (Å²) in [6, 6.07) is 0. The van der Waals surface area contributed by atoms with Gasteiger partial charge in [-0.05, 0) is 25.9 Å². The van der Waals surface area contributed by atoms with Crippen molar-refractivity contribution in [2.24, 2.45) is 0 Å². The molecule has 0 heterocycles. The van der Waals surface area contributed by atoms with Crippen LogP contribution in [0.25, 0.3) is 0 Å². The standard InChI is InChI=1S/C10H23NO/c1-5-9-10(12,6-2)11(7-3)8-4/h12H,5-9H2,1-4H3. The minimum atomic E-state index is -0.557. The summed E-state index contributed by atoms with van der Waals surface area (Å²) in [7, 11) is 0. The maximum Gasteiger partial charge on any atom is 0.118 e. The number of nitrogens with zero attached hydrogens (tertiary/aromatic N) is 1. The summed E-state index contributed by atoms with van der Waals surface area (Å²) in [6.07, 6.45) is 2.74. The molecule has 0 aromatic rings. The molecule has 0 aromatic heterocycles. The first kappa shape index (κ1) is 11.9. The predicted octanol–water partition coefficient (Wildman–Crippen LogP) is 2.23. The molecule has 0 aromatic carbocycles. The van der Waals surface area contributed by atoms with Gasteiger partial charge in [-0.3, -0.25) is 4.90 Å². The summed E-state index contributed by atoms with van der Waals surface area (Å²) in [6.45, 7) is 10.2. The molecule has 12 heavy (non-hydrogen) atoms. The van der Waals surface area contributed by atoms with Gasteiger partial charge in [0.25, 0.3) is 0 Å². The van der Waals surface area contributed by atoms with E-state index in [1.165, 1.54) is 0 Å². The van der Waals surface area contributed by atoms with Gasteiger partial charge in [0.1, 0.15) is 5.72 Å². The molecule has 0 aliphatic carbocycles. The molecule has 2 nitrogen and oxygen atoms in total. The van der Waals surface area contributed by atoms with Gasteiger partial charge in [-0.15, -0.1) is 0 Å². The van der Waals surface area contributed by atoms with Gasteiger partial charge in [-0.1, -0.05) is 34.1 Å². The van der Waals surface area contributed by atoms with E-state index in [1.54, 1.807) is 0 Å². The van der Waals surface area contributed by atoms with Gasteiger partial charge in [-0.2, -0.15) is 0 Å². The third-order valence-corrected chi connectivity index (χ3v) is 2.57. The van der Waals surface area contributed by atoms with Crippen LogP contribution in [0.15, 0.2) is 0 Å². The van der Waals surface area contributed by atoms with Crippen molar-refractivity contribution in [3.8, 4) is 0 Å². The van der Waals surface area contributed by atoms with Crippen molar-refractivity contribution in [2.75, 3.05) is 13.1 Å². The van der Waals surface area contributed by atoms with Crippen LogP contribution in [0.5, 0.6) is 0 Å². The molecule has 0 radical (unpaired) electrons. The molecule has 0 saturated heterocycles. The Morgan fingerprint density at radius 3 is 1.83 bits per heavy atom. The summed E-state index contributed by atoms with van der Waals surface area (Å²) in [4.78, 5) is 2.14. The van der Waals surface area contributed by atoms with Crippen LogP contribution in [0.1, 0.15) is 47.0 Å². The zero-order chi connectivity index (χ0) is 9.61. The fourth-order valence-electron chi connectivity index (χ4n) is 1.77. The van der Waals surface area contributed by atoms with Crippen molar-refractivity contribution in [2.45, 2.75) is 52.7 Å². The van der Waals surface area contributed by atoms with Crippen molar-refractivity contribution in [3.63, 3.8) is 0 Å². The fourth-order valence-corrected chi connectivity index (χ4v) is 1.77. The van der Waals surface area contributed by atoms with Crippen LogP contribution in [0.3, 0.4) is 0 Å². The lowest BCUT2D eigenvalue weighted by atomic mass is 10.0. The van der Waals surface area contributed by atoms with Crippen LogP contribution in [-0.4, -0.2) is 28.8 Å². The second kappa shape index (κ2) is 5.55. The number of rotatable bonds is 6. The predicted molar refractivity (Wildman–Crippen MR) is 53.1 cm³/mol. The average Bonchev–Trinajstić information content (AvgIpc) is 2.07. The van der Waals surface area contributed by atoms with Crippen molar-refractivity contribution in [3.05, 3.63) is 0 Å². The van der Waals surface area contributed by atoms with Gasteiger partial charge in [0, 0.05) is 0 Å². The van der Waals surface area contributed by atoms with E-state index in [0.717, 1.165) is 32.4 Å².